The molecule has 1 aromatic heterocycles. The zero-order valence-corrected chi connectivity index (χ0v) is 12.4. The number of benzene rings is 1. The summed E-state index contributed by atoms with van der Waals surface area (Å²) in [7, 11) is 0. The topological polar surface area (TPSA) is 51.2 Å². The number of nitrogens with zero attached hydrogens (tertiary/aromatic N) is 1. The average molecular weight is 342 g/mol. The zero-order valence-electron chi connectivity index (χ0n) is 12.4. The van der Waals surface area contributed by atoms with Gasteiger partial charge in [0.15, 0.2) is 6.61 Å². The van der Waals surface area contributed by atoms with E-state index >= 15 is 0 Å². The molecule has 0 aliphatic heterocycles. The van der Waals surface area contributed by atoms with Crippen molar-refractivity contribution < 1.29 is 27.1 Å². The summed E-state index contributed by atoms with van der Waals surface area (Å²) in [6.45, 7) is -1.48. The number of carbonyl (C=O) groups excluding carboxylic acids is 1. The van der Waals surface area contributed by atoms with Crippen LogP contribution in [0.2, 0.25) is 0 Å². The van der Waals surface area contributed by atoms with Crippen LogP contribution in [0, 0.1) is 5.82 Å². The lowest BCUT2D eigenvalue weighted by atomic mass is 10.1. The summed E-state index contributed by atoms with van der Waals surface area (Å²) in [6.07, 6.45) is -3.14. The molecular formula is C16H14F4N2O2. The van der Waals surface area contributed by atoms with Crippen LogP contribution in [-0.4, -0.2) is 23.7 Å². The van der Waals surface area contributed by atoms with Crippen LogP contribution in [0.3, 0.4) is 0 Å². The Bertz CT molecular complexity index is 687. The first-order valence-corrected chi connectivity index (χ1v) is 6.98. The van der Waals surface area contributed by atoms with Crippen LogP contribution < -0.4 is 10.1 Å². The number of hydrogen-bond acceptors (Lipinski definition) is 3. The van der Waals surface area contributed by atoms with Crippen molar-refractivity contribution in [2.24, 2.45) is 0 Å². The van der Waals surface area contributed by atoms with Gasteiger partial charge < -0.3 is 10.1 Å². The summed E-state index contributed by atoms with van der Waals surface area (Å²) in [5.74, 6) is -0.940. The third-order valence-electron chi connectivity index (χ3n) is 2.98. The number of hydrogen-bond donors (Lipinski definition) is 1. The first kappa shape index (κ1) is 17.7. The zero-order chi connectivity index (χ0) is 17.6. The number of carbonyl (C=O) groups is 1. The second-order valence-electron chi connectivity index (χ2n) is 4.95. The molecule has 0 atom stereocenters. The molecule has 2 rings (SSSR count). The van der Waals surface area contributed by atoms with E-state index in [1.807, 2.05) is 0 Å². The van der Waals surface area contributed by atoms with Crippen molar-refractivity contribution in [2.75, 3.05) is 6.61 Å². The van der Waals surface area contributed by atoms with Crippen molar-refractivity contribution in [3.63, 3.8) is 0 Å². The molecule has 0 aliphatic carbocycles. The fourth-order valence-corrected chi connectivity index (χ4v) is 1.88. The van der Waals surface area contributed by atoms with E-state index in [9.17, 15) is 22.4 Å². The minimum Gasteiger partial charge on any atom is -0.468 e. The van der Waals surface area contributed by atoms with Crippen LogP contribution >= 0.6 is 0 Å². The van der Waals surface area contributed by atoms with Crippen LogP contribution in [-0.2, 0) is 17.8 Å². The third kappa shape index (κ3) is 5.86. The van der Waals surface area contributed by atoms with Crippen molar-refractivity contribution in [3.8, 4) is 5.88 Å². The van der Waals surface area contributed by atoms with E-state index in [1.165, 1.54) is 42.6 Å². The van der Waals surface area contributed by atoms with Crippen LogP contribution in [0.15, 0.2) is 42.6 Å². The molecule has 1 heterocycles. The molecule has 0 unspecified atom stereocenters. The standard InChI is InChI=1S/C16H14F4N2O2/c17-13-5-3-11(4-6-13)8-14(23)22-9-12-2-1-7-21-15(12)24-10-16(18,19)20/h1-7H,8-10H2,(H,22,23). The number of halogens is 4. The molecule has 1 N–H and O–H groups in total. The van der Waals surface area contributed by atoms with E-state index in [1.54, 1.807) is 0 Å². The molecule has 8 heteroatoms. The SMILES string of the molecule is O=C(Cc1ccc(F)cc1)NCc1cccnc1OCC(F)(F)F. The van der Waals surface area contributed by atoms with Gasteiger partial charge in [-0.25, -0.2) is 9.37 Å². The van der Waals surface area contributed by atoms with Crippen molar-refractivity contribution in [1.82, 2.24) is 10.3 Å². The summed E-state index contributed by atoms with van der Waals surface area (Å²) in [5, 5.41) is 2.57. The van der Waals surface area contributed by atoms with E-state index < -0.39 is 18.6 Å². The maximum atomic E-state index is 12.8. The van der Waals surface area contributed by atoms with Gasteiger partial charge in [-0.2, -0.15) is 13.2 Å². The van der Waals surface area contributed by atoms with Gasteiger partial charge in [0.2, 0.25) is 11.8 Å². The van der Waals surface area contributed by atoms with Gasteiger partial charge >= 0.3 is 6.18 Å². The first-order valence-electron chi connectivity index (χ1n) is 6.98. The van der Waals surface area contributed by atoms with Gasteiger partial charge in [0, 0.05) is 18.3 Å². The van der Waals surface area contributed by atoms with E-state index in [4.69, 9.17) is 0 Å². The average Bonchev–Trinajstić information content (AvgIpc) is 2.53. The number of pyridine rings is 1. The Balaban J connectivity index is 1.91. The summed E-state index contributed by atoms with van der Waals surface area (Å²) in [4.78, 5) is 15.6. The van der Waals surface area contributed by atoms with Crippen LogP contribution in [0.1, 0.15) is 11.1 Å². The number of nitrogens with one attached hydrogen (secondary N) is 1. The Morgan fingerprint density at radius 2 is 1.88 bits per heavy atom. The lowest BCUT2D eigenvalue weighted by molar-refractivity contribution is -0.154. The van der Waals surface area contributed by atoms with Gasteiger partial charge in [-0.3, -0.25) is 4.79 Å². The lowest BCUT2D eigenvalue weighted by Gasteiger charge is -2.12. The van der Waals surface area contributed by atoms with Crippen molar-refractivity contribution in [1.29, 1.82) is 0 Å². The summed E-state index contributed by atoms with van der Waals surface area (Å²) in [5.41, 5.74) is 0.947. The number of amides is 1. The highest BCUT2D eigenvalue weighted by atomic mass is 19.4. The normalized spacial score (nSPS) is 11.2. The molecule has 0 fully saturated rings. The number of ether oxygens (including phenoxy) is 1. The maximum absolute atomic E-state index is 12.8. The molecule has 1 aromatic carbocycles. The molecule has 0 spiro atoms. The molecule has 0 saturated heterocycles. The Hall–Kier alpha value is -2.64. The van der Waals surface area contributed by atoms with E-state index in [-0.39, 0.29) is 24.8 Å². The van der Waals surface area contributed by atoms with E-state index in [0.717, 1.165) is 0 Å². The molecule has 1 amide bonds. The van der Waals surface area contributed by atoms with Gasteiger partial charge in [-0.15, -0.1) is 0 Å². The predicted octanol–water partition coefficient (Wildman–Crippen LogP) is 3.02. The quantitative estimate of drug-likeness (QED) is 0.821. The summed E-state index contributed by atoms with van der Waals surface area (Å²) < 4.78 is 54.1. The van der Waals surface area contributed by atoms with Gasteiger partial charge in [0.1, 0.15) is 5.82 Å². The lowest BCUT2D eigenvalue weighted by Crippen LogP contribution is -2.25. The first-order chi connectivity index (χ1) is 11.3. The van der Waals surface area contributed by atoms with Gasteiger partial charge in [-0.05, 0) is 23.8 Å². The minimum absolute atomic E-state index is 0.0267. The highest BCUT2D eigenvalue weighted by Gasteiger charge is 2.29. The Kier molecular flexibility index (Phi) is 5.73. The summed E-state index contributed by atoms with van der Waals surface area (Å²) >= 11 is 0. The van der Waals surface area contributed by atoms with Crippen LogP contribution in [0.5, 0.6) is 5.88 Å². The fourth-order valence-electron chi connectivity index (χ4n) is 1.88. The van der Waals surface area contributed by atoms with E-state index in [0.29, 0.717) is 11.1 Å². The number of rotatable bonds is 6. The molecule has 0 bridgehead atoms. The van der Waals surface area contributed by atoms with Gasteiger partial charge in [0.25, 0.3) is 0 Å². The number of aromatic nitrogens is 1. The fraction of sp³-hybridized carbons (Fsp3) is 0.250. The Morgan fingerprint density at radius 3 is 2.54 bits per heavy atom. The van der Waals surface area contributed by atoms with Gasteiger partial charge in [0.05, 0.1) is 6.42 Å². The Morgan fingerprint density at radius 1 is 1.17 bits per heavy atom. The second kappa shape index (κ2) is 7.76. The number of alkyl halides is 3. The molecule has 2 aromatic rings. The Labute approximate surface area is 135 Å². The monoisotopic (exact) mass is 342 g/mol. The largest absolute Gasteiger partial charge is 0.468 e. The van der Waals surface area contributed by atoms with Crippen molar-refractivity contribution in [3.05, 3.63) is 59.5 Å². The van der Waals surface area contributed by atoms with Crippen molar-refractivity contribution >= 4 is 5.91 Å². The molecule has 4 nitrogen and oxygen atoms in total. The molecular weight excluding hydrogens is 328 g/mol. The third-order valence-corrected chi connectivity index (χ3v) is 2.98. The second-order valence-corrected chi connectivity index (χ2v) is 4.95. The predicted molar refractivity (Wildman–Crippen MR) is 77.7 cm³/mol. The minimum atomic E-state index is -4.47. The highest BCUT2D eigenvalue weighted by molar-refractivity contribution is 5.78. The molecule has 0 saturated carbocycles. The van der Waals surface area contributed by atoms with Crippen LogP contribution in [0.25, 0.3) is 0 Å². The maximum Gasteiger partial charge on any atom is 0.422 e. The highest BCUT2D eigenvalue weighted by Crippen LogP contribution is 2.19. The van der Waals surface area contributed by atoms with E-state index in [2.05, 4.69) is 15.0 Å². The molecule has 0 radical (unpaired) electrons. The van der Waals surface area contributed by atoms with Gasteiger partial charge in [-0.1, -0.05) is 18.2 Å². The van der Waals surface area contributed by atoms with Crippen molar-refractivity contribution in [2.45, 2.75) is 19.1 Å². The van der Waals surface area contributed by atoms with Crippen LogP contribution in [0.4, 0.5) is 17.6 Å². The summed E-state index contributed by atoms with van der Waals surface area (Å²) in [6, 6.07) is 8.49. The smallest absolute Gasteiger partial charge is 0.422 e. The molecule has 128 valence electrons. The molecule has 24 heavy (non-hydrogen) atoms. The molecule has 0 aliphatic rings.